The molecule has 2 aliphatic rings. The van der Waals surface area contributed by atoms with Crippen molar-refractivity contribution in [1.82, 2.24) is 19.5 Å². The summed E-state index contributed by atoms with van der Waals surface area (Å²) in [7, 11) is 0. The molecule has 5 atom stereocenters. The van der Waals surface area contributed by atoms with Gasteiger partial charge in [0.2, 0.25) is 5.82 Å². The smallest absolute Gasteiger partial charge is 0.209 e. The Morgan fingerprint density at radius 3 is 2.51 bits per heavy atom. The van der Waals surface area contributed by atoms with Crippen LogP contribution in [0.5, 0.6) is 0 Å². The number of halogens is 1. The largest absolute Gasteiger partial charge is 0.389 e. The van der Waals surface area contributed by atoms with Gasteiger partial charge in [0.25, 0.3) is 0 Å². The summed E-state index contributed by atoms with van der Waals surface area (Å²) < 4.78 is 1.76. The van der Waals surface area contributed by atoms with Gasteiger partial charge in [-0.15, -0.1) is 0 Å². The molecule has 43 heavy (non-hydrogen) atoms. The number of imidazole rings is 1. The fourth-order valence-electron chi connectivity index (χ4n) is 6.42. The Labute approximate surface area is 253 Å². The summed E-state index contributed by atoms with van der Waals surface area (Å²) in [5, 5.41) is 25.8. The van der Waals surface area contributed by atoms with Crippen LogP contribution in [0.1, 0.15) is 36.3 Å². The molecule has 2 fully saturated rings. The number of nitrogens with one attached hydrogen (secondary N) is 1. The van der Waals surface area contributed by atoms with Crippen LogP contribution in [0.15, 0.2) is 85.2 Å². The number of benzene rings is 3. The highest BCUT2D eigenvalue weighted by atomic mass is 35.5. The molecule has 214 valence electrons. The van der Waals surface area contributed by atoms with E-state index in [1.54, 1.807) is 10.9 Å². The molecule has 5 aromatic rings. The lowest BCUT2D eigenvalue weighted by Crippen LogP contribution is -2.36. The number of hydrogen-bond acceptors (Lipinski definition) is 7. The third-order valence-electron chi connectivity index (χ3n) is 8.73. The Balaban J connectivity index is 1.26. The van der Waals surface area contributed by atoms with Crippen LogP contribution in [-0.2, 0) is 11.3 Å². The number of carbonyl (C=O) groups excluding carboxylic acids is 1. The van der Waals surface area contributed by atoms with E-state index >= 15 is 0 Å². The molecule has 0 radical (unpaired) electrons. The summed E-state index contributed by atoms with van der Waals surface area (Å²) in [5.41, 5.74) is 4.04. The summed E-state index contributed by atoms with van der Waals surface area (Å²) in [5.74, 6) is 6.70. The van der Waals surface area contributed by atoms with Gasteiger partial charge >= 0.3 is 0 Å². The van der Waals surface area contributed by atoms with Crippen LogP contribution in [0.2, 0.25) is 5.02 Å². The number of ketones is 1. The van der Waals surface area contributed by atoms with Gasteiger partial charge in [-0.3, -0.25) is 4.79 Å². The topological polar surface area (TPSA) is 113 Å². The van der Waals surface area contributed by atoms with E-state index in [1.165, 1.54) is 6.92 Å². The van der Waals surface area contributed by atoms with E-state index < -0.39 is 23.7 Å². The summed E-state index contributed by atoms with van der Waals surface area (Å²) in [6.45, 7) is 1.92. The second-order valence-corrected chi connectivity index (χ2v) is 11.7. The lowest BCUT2D eigenvalue weighted by atomic mass is 9.95. The molecule has 3 N–H and O–H groups in total. The maximum atomic E-state index is 12.5. The van der Waals surface area contributed by atoms with Crippen LogP contribution < -0.4 is 5.32 Å². The van der Waals surface area contributed by atoms with Gasteiger partial charge in [0, 0.05) is 17.1 Å². The molecule has 2 aliphatic carbocycles. The molecule has 8 nitrogen and oxygen atoms in total. The zero-order chi connectivity index (χ0) is 29.7. The van der Waals surface area contributed by atoms with Crippen molar-refractivity contribution in [3.05, 3.63) is 107 Å². The number of nitrogens with zero attached hydrogens (tertiary/aromatic N) is 4. The predicted octanol–water partition coefficient (Wildman–Crippen LogP) is 5.03. The molecule has 9 heteroatoms. The van der Waals surface area contributed by atoms with Crippen molar-refractivity contribution in [2.45, 2.75) is 38.1 Å². The maximum Gasteiger partial charge on any atom is 0.209 e. The third kappa shape index (κ3) is 4.76. The summed E-state index contributed by atoms with van der Waals surface area (Å²) in [6, 6.07) is 25.1. The Morgan fingerprint density at radius 1 is 1.02 bits per heavy atom. The van der Waals surface area contributed by atoms with E-state index in [9.17, 15) is 15.0 Å². The van der Waals surface area contributed by atoms with Crippen molar-refractivity contribution in [2.24, 2.45) is 11.3 Å². The van der Waals surface area contributed by atoms with Gasteiger partial charge in [-0.05, 0) is 66.1 Å². The van der Waals surface area contributed by atoms with Crippen LogP contribution in [0.3, 0.4) is 0 Å². The average molecular weight is 590 g/mol. The Morgan fingerprint density at radius 2 is 1.79 bits per heavy atom. The van der Waals surface area contributed by atoms with Crippen LogP contribution in [-0.4, -0.2) is 47.7 Å². The number of anilines is 1. The van der Waals surface area contributed by atoms with Gasteiger partial charge in [0.05, 0.1) is 23.9 Å². The summed E-state index contributed by atoms with van der Waals surface area (Å²) in [6.07, 6.45) is -0.159. The number of aliphatic hydroxyl groups is 2. The molecule has 2 heterocycles. The third-order valence-corrected chi connectivity index (χ3v) is 8.97. The minimum atomic E-state index is -1.14. The number of rotatable bonds is 6. The minimum absolute atomic E-state index is 0.112. The standard InChI is InChI=1S/C34H28ClN5O3/c1-20(41)34-17-26(34)29(30(42)31(34)43)40-19-37-28-32(36-18-22-6-5-9-25(35)16-22)38-27(39-33(28)40)15-12-21-10-13-24(14-11-21)23-7-3-2-4-8-23/h2-11,13-14,16,19,26,29-31,42-43H,17-18H2,1H3,(H,36,38,39)/t26?,29-,30+,31?,34-/m1/s1. The van der Waals surface area contributed by atoms with Crippen molar-refractivity contribution in [3.63, 3.8) is 0 Å². The van der Waals surface area contributed by atoms with Crippen LogP contribution >= 0.6 is 11.6 Å². The molecule has 2 saturated carbocycles. The number of hydrogen-bond donors (Lipinski definition) is 3. The fraction of sp³-hybridized carbons (Fsp3) is 0.235. The molecule has 0 spiro atoms. The number of aromatic nitrogens is 4. The van der Waals surface area contributed by atoms with E-state index in [0.717, 1.165) is 22.3 Å². The molecular formula is C34H28ClN5O3. The van der Waals surface area contributed by atoms with Crippen molar-refractivity contribution >= 4 is 34.4 Å². The van der Waals surface area contributed by atoms with E-state index in [0.29, 0.717) is 35.0 Å². The van der Waals surface area contributed by atoms with Gasteiger partial charge in [0.15, 0.2) is 17.0 Å². The van der Waals surface area contributed by atoms with Gasteiger partial charge in [-0.1, -0.05) is 72.1 Å². The molecule has 3 aromatic carbocycles. The summed E-state index contributed by atoms with van der Waals surface area (Å²) >= 11 is 6.19. The van der Waals surface area contributed by atoms with Gasteiger partial charge < -0.3 is 20.1 Å². The van der Waals surface area contributed by atoms with Crippen molar-refractivity contribution in [1.29, 1.82) is 0 Å². The Bertz CT molecular complexity index is 1910. The first kappa shape index (κ1) is 27.3. The second kappa shape index (κ2) is 10.6. The molecular weight excluding hydrogens is 562 g/mol. The van der Waals surface area contributed by atoms with E-state index in [-0.39, 0.29) is 17.5 Å². The molecule has 2 aromatic heterocycles. The quantitative estimate of drug-likeness (QED) is 0.238. The predicted molar refractivity (Wildman–Crippen MR) is 164 cm³/mol. The lowest BCUT2D eigenvalue weighted by Gasteiger charge is -2.23. The van der Waals surface area contributed by atoms with Gasteiger partial charge in [0.1, 0.15) is 11.9 Å². The molecule has 7 rings (SSSR count). The van der Waals surface area contributed by atoms with E-state index in [1.807, 2.05) is 66.7 Å². The van der Waals surface area contributed by atoms with Crippen LogP contribution in [0.25, 0.3) is 22.3 Å². The Hall–Kier alpha value is -4.55. The maximum absolute atomic E-state index is 12.5. The molecule has 0 saturated heterocycles. The highest BCUT2D eigenvalue weighted by molar-refractivity contribution is 6.30. The van der Waals surface area contributed by atoms with Crippen LogP contribution in [0.4, 0.5) is 5.82 Å². The van der Waals surface area contributed by atoms with Crippen molar-refractivity contribution < 1.29 is 15.0 Å². The van der Waals surface area contributed by atoms with Gasteiger partial charge in [-0.2, -0.15) is 0 Å². The minimum Gasteiger partial charge on any atom is -0.389 e. The average Bonchev–Trinajstić information content (AvgIpc) is 3.57. The monoisotopic (exact) mass is 589 g/mol. The molecule has 0 amide bonds. The zero-order valence-electron chi connectivity index (χ0n) is 23.3. The SMILES string of the molecule is CC(=O)[C@]12CC1[C@@H](n1cnc3c(NCc4cccc(Cl)c4)nc(C#Cc4ccc(-c5ccccc5)cc4)nc31)[C@H](O)C2O. The first-order valence-corrected chi connectivity index (χ1v) is 14.5. The lowest BCUT2D eigenvalue weighted by molar-refractivity contribution is -0.128. The fourth-order valence-corrected chi connectivity index (χ4v) is 6.64. The number of fused-ring (bicyclic) bond motifs is 2. The first-order valence-electron chi connectivity index (χ1n) is 14.1. The van der Waals surface area contributed by atoms with Crippen molar-refractivity contribution in [3.8, 4) is 23.0 Å². The van der Waals surface area contributed by atoms with E-state index in [2.05, 4.69) is 34.3 Å². The van der Waals surface area contributed by atoms with Crippen LogP contribution in [0, 0.1) is 23.2 Å². The Kier molecular flexibility index (Phi) is 6.74. The number of aliphatic hydroxyl groups excluding tert-OH is 2. The van der Waals surface area contributed by atoms with E-state index in [4.69, 9.17) is 21.6 Å². The van der Waals surface area contributed by atoms with Crippen molar-refractivity contribution in [2.75, 3.05) is 5.32 Å². The highest BCUT2D eigenvalue weighted by Crippen LogP contribution is 2.68. The normalized spacial score (nSPS) is 23.8. The molecule has 2 unspecified atom stereocenters. The number of carbonyl (C=O) groups is 1. The zero-order valence-corrected chi connectivity index (χ0v) is 24.0. The number of Topliss-reactive ketones (excluding diaryl/α,β-unsaturated/α-hetero) is 1. The molecule has 0 bridgehead atoms. The first-order chi connectivity index (χ1) is 20.8. The second-order valence-electron chi connectivity index (χ2n) is 11.2. The molecule has 0 aliphatic heterocycles. The highest BCUT2D eigenvalue weighted by Gasteiger charge is 2.74. The van der Waals surface area contributed by atoms with Gasteiger partial charge in [-0.25, -0.2) is 15.0 Å². The summed E-state index contributed by atoms with van der Waals surface area (Å²) in [4.78, 5) is 26.5.